The number of hydrogen-bond donors (Lipinski definition) is 0. The molecule has 0 atom stereocenters. The van der Waals surface area contributed by atoms with Crippen molar-refractivity contribution >= 4 is 21.8 Å². The monoisotopic (exact) mass is 588 g/mol. The molecule has 0 fully saturated rings. The summed E-state index contributed by atoms with van der Waals surface area (Å²) in [6, 6.07) is 45.0. The molecule has 0 spiro atoms. The van der Waals surface area contributed by atoms with E-state index in [0.29, 0.717) is 0 Å². The number of hydrogen-bond acceptors (Lipinski definition) is 1. The summed E-state index contributed by atoms with van der Waals surface area (Å²) >= 11 is 0. The van der Waals surface area contributed by atoms with Crippen molar-refractivity contribution in [1.29, 1.82) is 0 Å². The SMILES string of the molecule is [Pt].[c-]1ccccc1-c1[c-]c2c(cc1)c1ccccc1n2-c1cccc(-c2[c-]cccc2)n1. The zero-order chi connectivity index (χ0) is 20.6. The van der Waals surface area contributed by atoms with Gasteiger partial charge >= 0.3 is 0 Å². The van der Waals surface area contributed by atoms with Gasteiger partial charge in [-0.15, -0.1) is 48.0 Å². The molecule has 0 bridgehead atoms. The third kappa shape index (κ3) is 3.47. The van der Waals surface area contributed by atoms with E-state index in [9.17, 15) is 0 Å². The van der Waals surface area contributed by atoms with E-state index in [1.807, 2.05) is 60.7 Å². The molecule has 2 heterocycles. The van der Waals surface area contributed by atoms with Gasteiger partial charge in [-0.05, 0) is 28.7 Å². The Morgan fingerprint density at radius 3 is 2.12 bits per heavy atom. The summed E-state index contributed by atoms with van der Waals surface area (Å²) in [5.41, 5.74) is 6.05. The molecule has 156 valence electrons. The van der Waals surface area contributed by atoms with Gasteiger partial charge in [-0.2, -0.15) is 36.4 Å². The zero-order valence-corrected chi connectivity index (χ0v) is 19.3. The normalized spacial score (nSPS) is 10.9. The van der Waals surface area contributed by atoms with Crippen LogP contribution in [0.3, 0.4) is 0 Å². The summed E-state index contributed by atoms with van der Waals surface area (Å²) in [4.78, 5) is 4.99. The molecule has 0 unspecified atom stereocenters. The summed E-state index contributed by atoms with van der Waals surface area (Å²) in [6.45, 7) is 0. The number of pyridine rings is 1. The number of fused-ring (bicyclic) bond motifs is 3. The molecular weight excluding hydrogens is 571 g/mol. The van der Waals surface area contributed by atoms with Crippen LogP contribution in [0.2, 0.25) is 0 Å². The molecule has 0 aliphatic heterocycles. The minimum absolute atomic E-state index is 0. The van der Waals surface area contributed by atoms with Crippen molar-refractivity contribution in [3.8, 4) is 28.2 Å². The van der Waals surface area contributed by atoms with Gasteiger partial charge in [0.2, 0.25) is 0 Å². The van der Waals surface area contributed by atoms with Gasteiger partial charge in [-0.1, -0.05) is 35.7 Å². The first kappa shape index (κ1) is 20.4. The van der Waals surface area contributed by atoms with Crippen LogP contribution in [0.25, 0.3) is 50.0 Å². The second-order valence-corrected chi connectivity index (χ2v) is 7.42. The van der Waals surface area contributed by atoms with Crippen molar-refractivity contribution in [3.63, 3.8) is 0 Å². The first-order valence-electron chi connectivity index (χ1n) is 10.3. The quantitative estimate of drug-likeness (QED) is 0.206. The molecule has 32 heavy (non-hydrogen) atoms. The summed E-state index contributed by atoms with van der Waals surface area (Å²) in [7, 11) is 0. The van der Waals surface area contributed by atoms with Crippen LogP contribution < -0.4 is 0 Å². The maximum Gasteiger partial charge on any atom is 0.126 e. The molecule has 3 heteroatoms. The summed E-state index contributed by atoms with van der Waals surface area (Å²) < 4.78 is 2.20. The zero-order valence-electron chi connectivity index (χ0n) is 17.0. The molecule has 0 saturated carbocycles. The van der Waals surface area contributed by atoms with E-state index in [1.54, 1.807) is 0 Å². The Hall–Kier alpha value is -3.48. The van der Waals surface area contributed by atoms with Gasteiger partial charge in [0.15, 0.2) is 0 Å². The van der Waals surface area contributed by atoms with E-state index < -0.39 is 0 Å². The fourth-order valence-corrected chi connectivity index (χ4v) is 4.10. The Labute approximate surface area is 201 Å². The minimum atomic E-state index is 0. The molecule has 0 aliphatic carbocycles. The predicted octanol–water partition coefficient (Wildman–Crippen LogP) is 6.91. The van der Waals surface area contributed by atoms with Crippen molar-refractivity contribution < 1.29 is 21.1 Å². The van der Waals surface area contributed by atoms with Crippen LogP contribution in [0.5, 0.6) is 0 Å². The van der Waals surface area contributed by atoms with Crippen LogP contribution in [0, 0.1) is 18.2 Å². The van der Waals surface area contributed by atoms with Crippen LogP contribution in [-0.4, -0.2) is 9.55 Å². The molecule has 4 aromatic carbocycles. The van der Waals surface area contributed by atoms with Crippen LogP contribution in [-0.2, 0) is 21.1 Å². The smallest absolute Gasteiger partial charge is 0.126 e. The fraction of sp³-hybridized carbons (Fsp3) is 0. The van der Waals surface area contributed by atoms with Gasteiger partial charge < -0.3 is 4.57 Å². The second-order valence-electron chi connectivity index (χ2n) is 7.42. The van der Waals surface area contributed by atoms with Crippen molar-refractivity contribution in [2.24, 2.45) is 0 Å². The number of para-hydroxylation sites is 1. The first-order valence-corrected chi connectivity index (χ1v) is 10.3. The van der Waals surface area contributed by atoms with Gasteiger partial charge in [0.1, 0.15) is 5.82 Å². The molecule has 0 amide bonds. The molecule has 0 N–H and O–H groups in total. The van der Waals surface area contributed by atoms with Gasteiger partial charge in [-0.3, -0.25) is 4.98 Å². The Kier molecular flexibility index (Phi) is 5.47. The molecule has 0 saturated heterocycles. The largest absolute Gasteiger partial charge is 0.314 e. The van der Waals surface area contributed by atoms with E-state index >= 15 is 0 Å². The van der Waals surface area contributed by atoms with E-state index in [2.05, 4.69) is 65.2 Å². The number of benzene rings is 4. The predicted molar refractivity (Wildman–Crippen MR) is 126 cm³/mol. The Balaban J connectivity index is 0.00000216. The Bertz CT molecular complexity index is 1520. The summed E-state index contributed by atoms with van der Waals surface area (Å²) in [5.74, 6) is 0.867. The fourth-order valence-electron chi connectivity index (χ4n) is 4.10. The van der Waals surface area contributed by atoms with E-state index in [1.165, 1.54) is 5.39 Å². The number of nitrogens with zero attached hydrogens (tertiary/aromatic N) is 2. The standard InChI is InChI=1S/C29H17N2.Pt/c1-3-10-21(11-4-1)23-18-19-25-24-14-7-8-16-27(24)31(28(25)20-23)29-17-9-15-26(30-29)22-12-5-2-6-13-22;/h1-10,12,14-19H;/q-3;. The van der Waals surface area contributed by atoms with E-state index in [0.717, 1.165) is 44.6 Å². The molecular formula is C29H17N2Pt-3. The van der Waals surface area contributed by atoms with Crippen molar-refractivity contribution in [1.82, 2.24) is 9.55 Å². The Morgan fingerprint density at radius 2 is 1.34 bits per heavy atom. The number of rotatable bonds is 3. The van der Waals surface area contributed by atoms with Crippen LogP contribution >= 0.6 is 0 Å². The van der Waals surface area contributed by atoms with Gasteiger partial charge in [0.05, 0.1) is 0 Å². The molecule has 2 nitrogen and oxygen atoms in total. The third-order valence-corrected chi connectivity index (χ3v) is 5.53. The van der Waals surface area contributed by atoms with Crippen LogP contribution in [0.15, 0.2) is 103 Å². The maximum absolute atomic E-state index is 4.99. The van der Waals surface area contributed by atoms with Crippen molar-refractivity contribution in [2.45, 2.75) is 0 Å². The summed E-state index contributed by atoms with van der Waals surface area (Å²) in [5, 5.41) is 2.35. The molecule has 0 aliphatic rings. The molecule has 0 radical (unpaired) electrons. The van der Waals surface area contributed by atoms with Crippen molar-refractivity contribution in [2.75, 3.05) is 0 Å². The molecule has 6 rings (SSSR count). The topological polar surface area (TPSA) is 17.8 Å². The molecule has 2 aromatic heterocycles. The number of aromatic nitrogens is 2. The Morgan fingerprint density at radius 1 is 0.594 bits per heavy atom. The second kappa shape index (κ2) is 8.57. The van der Waals surface area contributed by atoms with Crippen LogP contribution in [0.4, 0.5) is 0 Å². The maximum atomic E-state index is 4.99. The van der Waals surface area contributed by atoms with Gasteiger partial charge in [-0.25, -0.2) is 11.1 Å². The van der Waals surface area contributed by atoms with E-state index in [-0.39, 0.29) is 21.1 Å². The van der Waals surface area contributed by atoms with Gasteiger partial charge in [0.25, 0.3) is 0 Å². The van der Waals surface area contributed by atoms with E-state index in [4.69, 9.17) is 4.98 Å². The molecule has 6 aromatic rings. The average molecular weight is 589 g/mol. The average Bonchev–Trinajstić information content (AvgIpc) is 3.19. The third-order valence-electron chi connectivity index (χ3n) is 5.53. The van der Waals surface area contributed by atoms with Crippen molar-refractivity contribution in [3.05, 3.63) is 121 Å². The van der Waals surface area contributed by atoms with Gasteiger partial charge in [0, 0.05) is 26.6 Å². The summed E-state index contributed by atoms with van der Waals surface area (Å²) in [6.07, 6.45) is 0. The first-order chi connectivity index (χ1) is 15.4. The van der Waals surface area contributed by atoms with Crippen LogP contribution in [0.1, 0.15) is 0 Å². The minimum Gasteiger partial charge on any atom is -0.314 e.